The zero-order valence-electron chi connectivity index (χ0n) is 11.1. The fourth-order valence-corrected chi connectivity index (χ4v) is 2.30. The molecular formula is C12H18N6S. The smallest absolute Gasteiger partial charge is 0.191 e. The third kappa shape index (κ3) is 4.36. The van der Waals surface area contributed by atoms with E-state index in [-0.39, 0.29) is 0 Å². The fourth-order valence-electron chi connectivity index (χ4n) is 1.59. The summed E-state index contributed by atoms with van der Waals surface area (Å²) in [4.78, 5) is 8.57. The second kappa shape index (κ2) is 6.89. The molecule has 0 saturated carbocycles. The van der Waals surface area contributed by atoms with Crippen molar-refractivity contribution in [3.8, 4) is 0 Å². The highest BCUT2D eigenvalue weighted by Crippen LogP contribution is 2.07. The second-order valence-electron chi connectivity index (χ2n) is 4.00. The molecule has 6 nitrogen and oxygen atoms in total. The van der Waals surface area contributed by atoms with Crippen LogP contribution in [0.1, 0.15) is 10.7 Å². The van der Waals surface area contributed by atoms with Crippen LogP contribution in [0.15, 0.2) is 28.8 Å². The van der Waals surface area contributed by atoms with Gasteiger partial charge in [0.1, 0.15) is 5.01 Å². The fraction of sp³-hybridized carbons (Fsp3) is 0.417. The molecule has 0 radical (unpaired) electrons. The second-order valence-corrected chi connectivity index (χ2v) is 4.95. The number of hydrogen-bond acceptors (Lipinski definition) is 4. The Balaban J connectivity index is 1.71. The largest absolute Gasteiger partial charge is 0.355 e. The first-order valence-corrected chi connectivity index (χ1v) is 6.99. The Morgan fingerprint density at radius 2 is 2.37 bits per heavy atom. The molecule has 102 valence electrons. The van der Waals surface area contributed by atoms with Gasteiger partial charge in [-0.1, -0.05) is 0 Å². The maximum Gasteiger partial charge on any atom is 0.191 e. The molecule has 2 aromatic rings. The number of thiazole rings is 1. The van der Waals surface area contributed by atoms with Crippen molar-refractivity contribution < 1.29 is 0 Å². The van der Waals surface area contributed by atoms with Gasteiger partial charge in [0.2, 0.25) is 0 Å². The Morgan fingerprint density at radius 1 is 1.47 bits per heavy atom. The van der Waals surface area contributed by atoms with Crippen LogP contribution in [0.2, 0.25) is 0 Å². The number of nitrogens with zero attached hydrogens (tertiary/aromatic N) is 4. The molecule has 0 aliphatic heterocycles. The predicted molar refractivity (Wildman–Crippen MR) is 77.3 cm³/mol. The van der Waals surface area contributed by atoms with Crippen molar-refractivity contribution in [3.63, 3.8) is 0 Å². The molecule has 2 aromatic heterocycles. The Hall–Kier alpha value is -1.89. The van der Waals surface area contributed by atoms with E-state index in [0.717, 1.165) is 29.8 Å². The van der Waals surface area contributed by atoms with Crippen molar-refractivity contribution in [1.82, 2.24) is 25.4 Å². The minimum absolute atomic E-state index is 0.694. The van der Waals surface area contributed by atoms with Gasteiger partial charge in [-0.25, -0.2) is 4.98 Å². The van der Waals surface area contributed by atoms with Gasteiger partial charge < -0.3 is 10.6 Å². The van der Waals surface area contributed by atoms with Crippen LogP contribution in [0.25, 0.3) is 0 Å². The van der Waals surface area contributed by atoms with E-state index in [1.807, 2.05) is 29.2 Å². The molecule has 0 aliphatic carbocycles. The van der Waals surface area contributed by atoms with Crippen LogP contribution in [0.3, 0.4) is 0 Å². The maximum atomic E-state index is 4.40. The monoisotopic (exact) mass is 278 g/mol. The Bertz CT molecular complexity index is 516. The average Bonchev–Trinajstić information content (AvgIpc) is 3.05. The topological polar surface area (TPSA) is 67.1 Å². The van der Waals surface area contributed by atoms with E-state index in [1.165, 1.54) is 0 Å². The van der Waals surface area contributed by atoms with Gasteiger partial charge in [-0.3, -0.25) is 9.67 Å². The Morgan fingerprint density at radius 3 is 3.00 bits per heavy atom. The van der Waals surface area contributed by atoms with Gasteiger partial charge in [-0.2, -0.15) is 5.10 Å². The predicted octanol–water partition coefficient (Wildman–Crippen LogP) is 1.01. The Kier molecular flexibility index (Phi) is 4.91. The van der Waals surface area contributed by atoms with Crippen LogP contribution in [0.5, 0.6) is 0 Å². The van der Waals surface area contributed by atoms with Crippen LogP contribution >= 0.6 is 11.3 Å². The highest BCUT2D eigenvalue weighted by Gasteiger charge is 2.01. The zero-order valence-corrected chi connectivity index (χ0v) is 11.9. The zero-order chi connectivity index (χ0) is 13.5. The lowest BCUT2D eigenvalue weighted by Gasteiger charge is -2.10. The number of aromatic nitrogens is 3. The summed E-state index contributed by atoms with van der Waals surface area (Å²) < 4.78 is 1.88. The van der Waals surface area contributed by atoms with E-state index in [9.17, 15) is 0 Å². The molecule has 0 amide bonds. The van der Waals surface area contributed by atoms with Crippen LogP contribution in [0, 0.1) is 6.92 Å². The number of hydrogen-bond donors (Lipinski definition) is 2. The summed E-state index contributed by atoms with van der Waals surface area (Å²) in [5.41, 5.74) is 1.06. The molecule has 0 unspecified atom stereocenters. The molecule has 0 spiro atoms. The SMILES string of the molecule is CN=C(NCCn1cccn1)NCc1nc(C)cs1. The van der Waals surface area contributed by atoms with Crippen molar-refractivity contribution in [3.05, 3.63) is 34.5 Å². The molecule has 0 bridgehead atoms. The van der Waals surface area contributed by atoms with E-state index < -0.39 is 0 Å². The highest BCUT2D eigenvalue weighted by molar-refractivity contribution is 7.09. The Labute approximate surface area is 116 Å². The summed E-state index contributed by atoms with van der Waals surface area (Å²) in [6.45, 7) is 4.28. The van der Waals surface area contributed by atoms with E-state index >= 15 is 0 Å². The van der Waals surface area contributed by atoms with Gasteiger partial charge in [-0.15, -0.1) is 11.3 Å². The lowest BCUT2D eigenvalue weighted by atomic mass is 10.5. The molecule has 0 aromatic carbocycles. The van der Waals surface area contributed by atoms with Gasteiger partial charge in [0, 0.05) is 37.1 Å². The number of rotatable bonds is 5. The molecule has 2 heterocycles. The number of nitrogens with one attached hydrogen (secondary N) is 2. The first-order chi connectivity index (χ1) is 9.28. The van der Waals surface area contributed by atoms with Crippen LogP contribution in [-0.2, 0) is 13.1 Å². The van der Waals surface area contributed by atoms with Crippen LogP contribution in [-0.4, -0.2) is 34.3 Å². The highest BCUT2D eigenvalue weighted by atomic mass is 32.1. The summed E-state index contributed by atoms with van der Waals surface area (Å²) in [7, 11) is 1.76. The summed E-state index contributed by atoms with van der Waals surface area (Å²) in [6, 6.07) is 1.91. The minimum atomic E-state index is 0.694. The number of guanidine groups is 1. The summed E-state index contributed by atoms with van der Waals surface area (Å²) in [6.07, 6.45) is 3.72. The molecule has 0 saturated heterocycles. The third-order valence-corrected chi connectivity index (χ3v) is 3.46. The van der Waals surface area contributed by atoms with Crippen molar-refractivity contribution in [2.45, 2.75) is 20.0 Å². The normalized spacial score (nSPS) is 11.6. The van der Waals surface area contributed by atoms with Gasteiger partial charge in [0.15, 0.2) is 5.96 Å². The molecule has 0 fully saturated rings. The first-order valence-electron chi connectivity index (χ1n) is 6.11. The molecule has 0 atom stereocenters. The lowest BCUT2D eigenvalue weighted by molar-refractivity contribution is 0.597. The van der Waals surface area contributed by atoms with Crippen molar-refractivity contribution in [1.29, 1.82) is 0 Å². The average molecular weight is 278 g/mol. The van der Waals surface area contributed by atoms with Crippen LogP contribution < -0.4 is 10.6 Å². The van der Waals surface area contributed by atoms with Crippen molar-refractivity contribution >= 4 is 17.3 Å². The number of aliphatic imine (C=N–C) groups is 1. The summed E-state index contributed by atoms with van der Waals surface area (Å²) in [5.74, 6) is 0.778. The van der Waals surface area contributed by atoms with E-state index in [4.69, 9.17) is 0 Å². The maximum absolute atomic E-state index is 4.40. The van der Waals surface area contributed by atoms with Crippen molar-refractivity contribution in [2.75, 3.05) is 13.6 Å². The minimum Gasteiger partial charge on any atom is -0.355 e. The molecule has 2 rings (SSSR count). The van der Waals surface area contributed by atoms with Crippen molar-refractivity contribution in [2.24, 2.45) is 4.99 Å². The van der Waals surface area contributed by atoms with Gasteiger partial charge in [0.25, 0.3) is 0 Å². The van der Waals surface area contributed by atoms with E-state index in [2.05, 4.69) is 25.7 Å². The molecule has 7 heteroatoms. The molecular weight excluding hydrogens is 260 g/mol. The molecule has 0 aliphatic rings. The van der Waals surface area contributed by atoms with Gasteiger partial charge >= 0.3 is 0 Å². The summed E-state index contributed by atoms with van der Waals surface area (Å²) >= 11 is 1.65. The van der Waals surface area contributed by atoms with Gasteiger partial charge in [-0.05, 0) is 13.0 Å². The quantitative estimate of drug-likeness (QED) is 0.633. The molecule has 19 heavy (non-hydrogen) atoms. The standard InChI is InChI=1S/C12H18N6S/c1-10-9-19-11(17-10)8-15-12(13-2)14-5-7-18-6-3-4-16-18/h3-4,6,9H,5,7-8H2,1-2H3,(H2,13,14,15). The van der Waals surface area contributed by atoms with E-state index in [0.29, 0.717) is 6.54 Å². The summed E-state index contributed by atoms with van der Waals surface area (Å²) in [5, 5.41) is 13.7. The van der Waals surface area contributed by atoms with E-state index in [1.54, 1.807) is 24.6 Å². The molecule has 2 N–H and O–H groups in total. The third-order valence-electron chi connectivity index (χ3n) is 2.49. The van der Waals surface area contributed by atoms with Gasteiger partial charge in [0.05, 0.1) is 13.1 Å². The lowest BCUT2D eigenvalue weighted by Crippen LogP contribution is -2.38. The number of aryl methyl sites for hydroxylation is 1. The first kappa shape index (κ1) is 13.5. The van der Waals surface area contributed by atoms with Crippen LogP contribution in [0.4, 0.5) is 0 Å².